The van der Waals surface area contributed by atoms with Crippen molar-refractivity contribution in [3.63, 3.8) is 0 Å². The monoisotopic (exact) mass is 303 g/mol. The van der Waals surface area contributed by atoms with E-state index >= 15 is 0 Å². The van der Waals surface area contributed by atoms with Gasteiger partial charge in [-0.05, 0) is 31.2 Å². The maximum atomic E-state index is 12.3. The molecule has 118 valence electrons. The summed E-state index contributed by atoms with van der Waals surface area (Å²) in [4.78, 5) is 16.8. The zero-order valence-electron chi connectivity index (χ0n) is 13.1. The molecule has 2 N–H and O–H groups in total. The molecular formula is C15H21N5O2. The van der Waals surface area contributed by atoms with Crippen molar-refractivity contribution in [1.29, 1.82) is 0 Å². The van der Waals surface area contributed by atoms with E-state index in [-0.39, 0.29) is 17.9 Å². The Morgan fingerprint density at radius 3 is 2.86 bits per heavy atom. The Balaban J connectivity index is 1.74. The Bertz CT molecular complexity index is 656. The normalized spacial score (nSPS) is 16.0. The van der Waals surface area contributed by atoms with Gasteiger partial charge in [0.25, 0.3) is 5.91 Å². The number of hydrogen-bond donors (Lipinski definition) is 2. The molecule has 1 atom stereocenters. The van der Waals surface area contributed by atoms with Crippen LogP contribution >= 0.6 is 0 Å². The minimum atomic E-state index is -0.311. The van der Waals surface area contributed by atoms with Crippen molar-refractivity contribution in [2.24, 2.45) is 5.92 Å². The van der Waals surface area contributed by atoms with Crippen LogP contribution in [0.15, 0.2) is 10.6 Å². The molecule has 22 heavy (non-hydrogen) atoms. The summed E-state index contributed by atoms with van der Waals surface area (Å²) in [6.07, 6.45) is 3.04. The lowest BCUT2D eigenvalue weighted by atomic mass is 10.0. The minimum absolute atomic E-state index is 0.140. The van der Waals surface area contributed by atoms with E-state index in [0.717, 1.165) is 30.8 Å². The number of nitrogens with zero attached hydrogens (tertiary/aromatic N) is 3. The first-order valence-electron chi connectivity index (χ1n) is 7.77. The SMILES string of the molecule is CCc1cc(C(=O)NC(c2nc(C3CC3)no2)C(C)C)n[nH]1. The first-order chi connectivity index (χ1) is 10.6. The molecule has 0 radical (unpaired) electrons. The molecule has 1 saturated carbocycles. The number of nitrogens with one attached hydrogen (secondary N) is 2. The predicted molar refractivity (Wildman–Crippen MR) is 79.3 cm³/mol. The van der Waals surface area contributed by atoms with Gasteiger partial charge in [0.1, 0.15) is 11.7 Å². The summed E-state index contributed by atoms with van der Waals surface area (Å²) in [6.45, 7) is 6.02. The molecule has 7 nitrogen and oxygen atoms in total. The number of carbonyl (C=O) groups excluding carboxylic acids is 1. The number of carbonyl (C=O) groups is 1. The molecule has 0 aromatic carbocycles. The second-order valence-corrected chi connectivity index (χ2v) is 6.09. The third-order valence-electron chi connectivity index (χ3n) is 3.86. The van der Waals surface area contributed by atoms with Crippen LogP contribution in [-0.2, 0) is 6.42 Å². The molecule has 2 heterocycles. The quantitative estimate of drug-likeness (QED) is 0.854. The largest absolute Gasteiger partial charge is 0.339 e. The van der Waals surface area contributed by atoms with Gasteiger partial charge >= 0.3 is 0 Å². The molecule has 1 unspecified atom stereocenters. The number of aromatic amines is 1. The number of aromatic nitrogens is 4. The molecule has 1 aliphatic rings. The van der Waals surface area contributed by atoms with E-state index in [2.05, 4.69) is 25.7 Å². The van der Waals surface area contributed by atoms with Gasteiger partial charge < -0.3 is 9.84 Å². The van der Waals surface area contributed by atoms with Crippen LogP contribution in [0.25, 0.3) is 0 Å². The maximum absolute atomic E-state index is 12.3. The molecule has 1 amide bonds. The molecule has 0 aliphatic heterocycles. The van der Waals surface area contributed by atoms with Crippen LogP contribution in [0.2, 0.25) is 0 Å². The predicted octanol–water partition coefficient (Wildman–Crippen LogP) is 2.36. The fourth-order valence-electron chi connectivity index (χ4n) is 2.27. The Kier molecular flexibility index (Phi) is 3.96. The van der Waals surface area contributed by atoms with Gasteiger partial charge in [0, 0.05) is 11.6 Å². The molecule has 7 heteroatoms. The average Bonchev–Trinajstić information content (AvgIpc) is 3.04. The highest BCUT2D eigenvalue weighted by atomic mass is 16.5. The van der Waals surface area contributed by atoms with Crippen LogP contribution in [-0.4, -0.2) is 26.2 Å². The fourth-order valence-corrected chi connectivity index (χ4v) is 2.27. The van der Waals surface area contributed by atoms with Gasteiger partial charge in [-0.25, -0.2) is 0 Å². The molecule has 2 aromatic heterocycles. The van der Waals surface area contributed by atoms with Gasteiger partial charge in [-0.1, -0.05) is 25.9 Å². The van der Waals surface area contributed by atoms with Crippen molar-refractivity contribution in [3.8, 4) is 0 Å². The van der Waals surface area contributed by atoms with Crippen LogP contribution < -0.4 is 5.32 Å². The minimum Gasteiger partial charge on any atom is -0.339 e. The van der Waals surface area contributed by atoms with E-state index in [1.54, 1.807) is 6.07 Å². The Hall–Kier alpha value is -2.18. The van der Waals surface area contributed by atoms with Crippen LogP contribution in [0.4, 0.5) is 0 Å². The van der Waals surface area contributed by atoms with Crippen LogP contribution in [0.1, 0.15) is 73.5 Å². The smallest absolute Gasteiger partial charge is 0.272 e. The molecule has 0 bridgehead atoms. The van der Waals surface area contributed by atoms with Crippen molar-refractivity contribution in [1.82, 2.24) is 25.7 Å². The van der Waals surface area contributed by atoms with Crippen molar-refractivity contribution < 1.29 is 9.32 Å². The fraction of sp³-hybridized carbons (Fsp3) is 0.600. The van der Waals surface area contributed by atoms with Gasteiger partial charge in [-0.2, -0.15) is 10.1 Å². The number of hydrogen-bond acceptors (Lipinski definition) is 5. The zero-order chi connectivity index (χ0) is 15.7. The highest BCUT2D eigenvalue weighted by molar-refractivity contribution is 5.92. The Morgan fingerprint density at radius 2 is 2.27 bits per heavy atom. The summed E-state index contributed by atoms with van der Waals surface area (Å²) in [7, 11) is 0. The third-order valence-corrected chi connectivity index (χ3v) is 3.86. The first kappa shape index (κ1) is 14.7. The Labute approximate surface area is 128 Å². The van der Waals surface area contributed by atoms with Crippen molar-refractivity contribution in [2.75, 3.05) is 0 Å². The van der Waals surface area contributed by atoms with Crippen LogP contribution in [0.5, 0.6) is 0 Å². The van der Waals surface area contributed by atoms with E-state index in [0.29, 0.717) is 17.5 Å². The van der Waals surface area contributed by atoms with E-state index in [4.69, 9.17) is 4.52 Å². The summed E-state index contributed by atoms with van der Waals surface area (Å²) in [6, 6.07) is 1.45. The van der Waals surface area contributed by atoms with Crippen molar-refractivity contribution >= 4 is 5.91 Å². The van der Waals surface area contributed by atoms with E-state index in [1.165, 1.54) is 0 Å². The lowest BCUT2D eigenvalue weighted by Gasteiger charge is -2.17. The molecule has 0 spiro atoms. The highest BCUT2D eigenvalue weighted by Gasteiger charge is 2.32. The summed E-state index contributed by atoms with van der Waals surface area (Å²) < 4.78 is 5.35. The number of aryl methyl sites for hydroxylation is 1. The molecule has 1 aliphatic carbocycles. The van der Waals surface area contributed by atoms with Gasteiger partial charge in [0.2, 0.25) is 5.89 Å². The molecular weight excluding hydrogens is 282 g/mol. The topological polar surface area (TPSA) is 96.7 Å². The summed E-state index contributed by atoms with van der Waals surface area (Å²) in [5, 5.41) is 13.8. The van der Waals surface area contributed by atoms with E-state index < -0.39 is 0 Å². The van der Waals surface area contributed by atoms with Gasteiger partial charge in [0.15, 0.2) is 5.82 Å². The average molecular weight is 303 g/mol. The molecule has 3 rings (SSSR count). The van der Waals surface area contributed by atoms with E-state index in [9.17, 15) is 4.79 Å². The Morgan fingerprint density at radius 1 is 1.50 bits per heavy atom. The molecule has 1 fully saturated rings. The van der Waals surface area contributed by atoms with Gasteiger partial charge in [-0.15, -0.1) is 0 Å². The number of H-pyrrole nitrogens is 1. The van der Waals surface area contributed by atoms with Gasteiger partial charge in [0.05, 0.1) is 0 Å². The highest BCUT2D eigenvalue weighted by Crippen LogP contribution is 2.38. The van der Waals surface area contributed by atoms with Crippen molar-refractivity contribution in [2.45, 2.75) is 52.0 Å². The summed E-state index contributed by atoms with van der Waals surface area (Å²) in [5.74, 6) is 1.56. The number of amides is 1. The number of rotatable bonds is 6. The first-order valence-corrected chi connectivity index (χ1v) is 7.77. The third kappa shape index (κ3) is 3.03. The summed E-state index contributed by atoms with van der Waals surface area (Å²) >= 11 is 0. The van der Waals surface area contributed by atoms with Crippen LogP contribution in [0.3, 0.4) is 0 Å². The lowest BCUT2D eigenvalue weighted by molar-refractivity contribution is 0.0908. The zero-order valence-corrected chi connectivity index (χ0v) is 13.1. The second-order valence-electron chi connectivity index (χ2n) is 6.09. The standard InChI is InChI=1S/C15H21N5O2/c1-4-10-7-11(19-18-10)14(21)16-12(8(2)3)15-17-13(20-22-15)9-5-6-9/h7-9,12H,4-6H2,1-3H3,(H,16,21)(H,18,19). The van der Waals surface area contributed by atoms with Crippen LogP contribution in [0, 0.1) is 5.92 Å². The summed E-state index contributed by atoms with van der Waals surface area (Å²) in [5.41, 5.74) is 1.31. The van der Waals surface area contributed by atoms with E-state index in [1.807, 2.05) is 20.8 Å². The molecule has 0 saturated heterocycles. The van der Waals surface area contributed by atoms with Crippen molar-refractivity contribution in [3.05, 3.63) is 29.2 Å². The second kappa shape index (κ2) is 5.90. The molecule has 2 aromatic rings. The maximum Gasteiger partial charge on any atom is 0.272 e. The van der Waals surface area contributed by atoms with Gasteiger partial charge in [-0.3, -0.25) is 9.89 Å². The lowest BCUT2D eigenvalue weighted by Crippen LogP contribution is -2.32.